The molecule has 2 amide bonds. The number of hydrogen-bond donors (Lipinski definition) is 3. The van der Waals surface area contributed by atoms with Crippen LogP contribution in [0.3, 0.4) is 0 Å². The molecule has 0 fully saturated rings. The van der Waals surface area contributed by atoms with Gasteiger partial charge in [-0.15, -0.1) is 0 Å². The summed E-state index contributed by atoms with van der Waals surface area (Å²) in [5.41, 5.74) is 2.77. The standard InChI is InChI=1S/C20H25Cl2N5O2/c1-3-17(13-4-5-15(21)16(22)8-13)26-20(29)27-7-6-14-9-23-19(24-12(2)11-28)25-18(14)10-27/h4-5,8-9,12,17,28H,3,6-7,10-11H2,1-2H3,(H,26,29)(H,23,24,25)/t12-,17+/m0/s1. The van der Waals surface area contributed by atoms with Crippen LogP contribution in [0.2, 0.25) is 10.0 Å². The predicted molar refractivity (Wildman–Crippen MR) is 114 cm³/mol. The van der Waals surface area contributed by atoms with E-state index in [0.29, 0.717) is 35.5 Å². The Morgan fingerprint density at radius 2 is 2.14 bits per heavy atom. The number of hydrogen-bond acceptors (Lipinski definition) is 5. The van der Waals surface area contributed by atoms with E-state index in [1.165, 1.54) is 0 Å². The SMILES string of the molecule is CC[C@@H](NC(=O)N1CCc2cnc(N[C@@H](C)CO)nc2C1)c1ccc(Cl)c(Cl)c1. The molecule has 1 aromatic carbocycles. The summed E-state index contributed by atoms with van der Waals surface area (Å²) in [5.74, 6) is 0.454. The van der Waals surface area contributed by atoms with Crippen LogP contribution in [0, 0.1) is 0 Å². The van der Waals surface area contributed by atoms with E-state index in [1.54, 1.807) is 23.2 Å². The second kappa shape index (κ2) is 9.61. The minimum atomic E-state index is -0.160. The number of aliphatic hydroxyl groups excluding tert-OH is 1. The lowest BCUT2D eigenvalue weighted by molar-refractivity contribution is 0.187. The van der Waals surface area contributed by atoms with Crippen molar-refractivity contribution < 1.29 is 9.90 Å². The van der Waals surface area contributed by atoms with Crippen molar-refractivity contribution in [2.75, 3.05) is 18.5 Å². The van der Waals surface area contributed by atoms with E-state index in [2.05, 4.69) is 20.6 Å². The van der Waals surface area contributed by atoms with Gasteiger partial charge in [-0.1, -0.05) is 36.2 Å². The predicted octanol–water partition coefficient (Wildman–Crippen LogP) is 3.80. The minimum absolute atomic E-state index is 0.0118. The number of carbonyl (C=O) groups is 1. The Morgan fingerprint density at radius 1 is 1.34 bits per heavy atom. The number of nitrogens with zero attached hydrogens (tertiary/aromatic N) is 3. The summed E-state index contributed by atoms with van der Waals surface area (Å²) in [7, 11) is 0. The fourth-order valence-electron chi connectivity index (χ4n) is 3.20. The number of nitrogens with one attached hydrogen (secondary N) is 2. The Morgan fingerprint density at radius 3 is 2.83 bits per heavy atom. The van der Waals surface area contributed by atoms with Gasteiger partial charge in [-0.2, -0.15) is 0 Å². The normalized spacial score (nSPS) is 15.4. The highest BCUT2D eigenvalue weighted by Crippen LogP contribution is 2.27. The Hall–Kier alpha value is -2.09. The smallest absolute Gasteiger partial charge is 0.318 e. The first-order chi connectivity index (χ1) is 13.9. The highest BCUT2D eigenvalue weighted by Gasteiger charge is 2.24. The van der Waals surface area contributed by atoms with Crippen LogP contribution in [0.15, 0.2) is 24.4 Å². The van der Waals surface area contributed by atoms with Gasteiger partial charge in [0, 0.05) is 18.8 Å². The lowest BCUT2D eigenvalue weighted by Crippen LogP contribution is -2.44. The number of carbonyl (C=O) groups excluding carboxylic acids is 1. The average Bonchev–Trinajstić information content (AvgIpc) is 2.73. The highest BCUT2D eigenvalue weighted by molar-refractivity contribution is 6.42. The van der Waals surface area contributed by atoms with E-state index in [1.807, 2.05) is 19.9 Å². The molecule has 2 atom stereocenters. The molecule has 0 spiro atoms. The van der Waals surface area contributed by atoms with E-state index in [-0.39, 0.29) is 24.7 Å². The summed E-state index contributed by atoms with van der Waals surface area (Å²) in [6.07, 6.45) is 3.21. The molecule has 156 valence electrons. The van der Waals surface area contributed by atoms with Crippen LogP contribution >= 0.6 is 23.2 Å². The molecule has 0 saturated heterocycles. The van der Waals surface area contributed by atoms with Crippen LogP contribution in [0.5, 0.6) is 0 Å². The maximum absolute atomic E-state index is 12.9. The summed E-state index contributed by atoms with van der Waals surface area (Å²) in [4.78, 5) is 23.4. The third-order valence-electron chi connectivity index (χ3n) is 4.93. The number of benzene rings is 1. The quantitative estimate of drug-likeness (QED) is 0.639. The van der Waals surface area contributed by atoms with Gasteiger partial charge < -0.3 is 20.6 Å². The molecule has 0 radical (unpaired) electrons. The van der Waals surface area contributed by atoms with Crippen molar-refractivity contribution in [2.24, 2.45) is 0 Å². The Balaban J connectivity index is 1.69. The summed E-state index contributed by atoms with van der Waals surface area (Å²) in [5, 5.41) is 16.3. The number of fused-ring (bicyclic) bond motifs is 1. The van der Waals surface area contributed by atoms with Crippen LogP contribution in [0.25, 0.3) is 0 Å². The zero-order valence-corrected chi connectivity index (χ0v) is 18.0. The Bertz CT molecular complexity index is 880. The largest absolute Gasteiger partial charge is 0.394 e. The Labute approximate surface area is 180 Å². The first-order valence-electron chi connectivity index (χ1n) is 9.63. The third-order valence-corrected chi connectivity index (χ3v) is 5.67. The number of urea groups is 1. The number of anilines is 1. The molecule has 1 aromatic heterocycles. The van der Waals surface area contributed by atoms with Crippen molar-refractivity contribution in [3.63, 3.8) is 0 Å². The molecular formula is C20H25Cl2N5O2. The van der Waals surface area contributed by atoms with Crippen molar-refractivity contribution >= 4 is 35.2 Å². The molecule has 0 saturated carbocycles. The summed E-state index contributed by atoms with van der Waals surface area (Å²) >= 11 is 12.1. The van der Waals surface area contributed by atoms with E-state index in [9.17, 15) is 9.90 Å². The summed E-state index contributed by atoms with van der Waals surface area (Å²) in [6.45, 7) is 4.84. The molecular weight excluding hydrogens is 413 g/mol. The van der Waals surface area contributed by atoms with Crippen LogP contribution in [-0.2, 0) is 13.0 Å². The van der Waals surface area contributed by atoms with Gasteiger partial charge in [-0.05, 0) is 43.0 Å². The maximum atomic E-state index is 12.9. The highest BCUT2D eigenvalue weighted by atomic mass is 35.5. The van der Waals surface area contributed by atoms with Gasteiger partial charge >= 0.3 is 6.03 Å². The van der Waals surface area contributed by atoms with E-state index in [0.717, 1.165) is 23.2 Å². The molecule has 9 heteroatoms. The van der Waals surface area contributed by atoms with Gasteiger partial charge in [-0.3, -0.25) is 0 Å². The van der Waals surface area contributed by atoms with Gasteiger partial charge in [0.15, 0.2) is 0 Å². The second-order valence-corrected chi connectivity index (χ2v) is 7.96. The molecule has 0 unspecified atom stereocenters. The number of aromatic nitrogens is 2. The Kier molecular flexibility index (Phi) is 7.16. The van der Waals surface area contributed by atoms with Crippen LogP contribution in [0.4, 0.5) is 10.7 Å². The van der Waals surface area contributed by atoms with Crippen molar-refractivity contribution in [3.8, 4) is 0 Å². The molecule has 3 N–H and O–H groups in total. The second-order valence-electron chi connectivity index (χ2n) is 7.15. The molecule has 3 rings (SSSR count). The van der Waals surface area contributed by atoms with Crippen molar-refractivity contribution in [1.29, 1.82) is 0 Å². The third kappa shape index (κ3) is 5.29. The molecule has 2 aromatic rings. The molecule has 0 bridgehead atoms. The van der Waals surface area contributed by atoms with Crippen molar-refractivity contribution in [1.82, 2.24) is 20.2 Å². The van der Waals surface area contributed by atoms with E-state index >= 15 is 0 Å². The first kappa shape index (κ1) is 21.6. The van der Waals surface area contributed by atoms with E-state index < -0.39 is 0 Å². The number of amides is 2. The van der Waals surface area contributed by atoms with Gasteiger partial charge in [0.05, 0.1) is 34.9 Å². The summed E-state index contributed by atoms with van der Waals surface area (Å²) in [6, 6.07) is 4.95. The maximum Gasteiger partial charge on any atom is 0.318 e. The van der Waals surface area contributed by atoms with Crippen LogP contribution < -0.4 is 10.6 Å². The fraction of sp³-hybridized carbons (Fsp3) is 0.450. The zero-order chi connectivity index (χ0) is 21.0. The van der Waals surface area contributed by atoms with Gasteiger partial charge in [-0.25, -0.2) is 14.8 Å². The zero-order valence-electron chi connectivity index (χ0n) is 16.5. The molecule has 7 nitrogen and oxygen atoms in total. The fourth-order valence-corrected chi connectivity index (χ4v) is 3.51. The van der Waals surface area contributed by atoms with Gasteiger partial charge in [0.25, 0.3) is 0 Å². The van der Waals surface area contributed by atoms with Crippen LogP contribution in [-0.4, -0.2) is 45.2 Å². The number of aliphatic hydroxyl groups is 1. The number of rotatable bonds is 6. The molecule has 0 aliphatic carbocycles. The average molecular weight is 438 g/mol. The first-order valence-corrected chi connectivity index (χ1v) is 10.4. The van der Waals surface area contributed by atoms with Gasteiger partial charge in [0.1, 0.15) is 0 Å². The number of halogens is 2. The lowest BCUT2D eigenvalue weighted by atomic mass is 10.0. The topological polar surface area (TPSA) is 90.4 Å². The van der Waals surface area contributed by atoms with Gasteiger partial charge in [0.2, 0.25) is 5.95 Å². The van der Waals surface area contributed by atoms with Crippen molar-refractivity contribution in [2.45, 2.75) is 45.3 Å². The molecule has 29 heavy (non-hydrogen) atoms. The van der Waals surface area contributed by atoms with Crippen molar-refractivity contribution in [3.05, 3.63) is 51.3 Å². The van der Waals surface area contributed by atoms with E-state index in [4.69, 9.17) is 23.2 Å². The molecule has 2 heterocycles. The lowest BCUT2D eigenvalue weighted by Gasteiger charge is -2.30. The summed E-state index contributed by atoms with van der Waals surface area (Å²) < 4.78 is 0. The van der Waals surface area contributed by atoms with Crippen LogP contribution in [0.1, 0.15) is 43.1 Å². The molecule has 1 aliphatic rings. The minimum Gasteiger partial charge on any atom is -0.394 e. The molecule has 1 aliphatic heterocycles. The monoisotopic (exact) mass is 437 g/mol.